The van der Waals surface area contributed by atoms with E-state index in [-0.39, 0.29) is 11.5 Å². The quantitative estimate of drug-likeness (QED) is 0.883. The highest BCUT2D eigenvalue weighted by molar-refractivity contribution is 5.78. The van der Waals surface area contributed by atoms with Crippen LogP contribution in [0.1, 0.15) is 24.2 Å². The maximum absolute atomic E-state index is 12.2. The Morgan fingerprint density at radius 3 is 2.95 bits per heavy atom. The van der Waals surface area contributed by atoms with Crippen molar-refractivity contribution >= 4 is 11.6 Å². The lowest BCUT2D eigenvalue weighted by Crippen LogP contribution is -2.36. The van der Waals surface area contributed by atoms with Crippen LogP contribution in [0.5, 0.6) is 0 Å². The average molecular weight is 300 g/mol. The summed E-state index contributed by atoms with van der Waals surface area (Å²) >= 11 is 0. The topological polar surface area (TPSA) is 66.7 Å². The first-order valence-electron chi connectivity index (χ1n) is 7.49. The summed E-state index contributed by atoms with van der Waals surface area (Å²) in [6, 6.07) is 7.48. The molecule has 116 valence electrons. The molecule has 1 aliphatic carbocycles. The second-order valence-corrected chi connectivity index (χ2v) is 5.96. The molecule has 2 aromatic rings. The van der Waals surface area contributed by atoms with Gasteiger partial charge in [-0.2, -0.15) is 0 Å². The molecule has 0 spiro atoms. The molecule has 0 unspecified atom stereocenters. The number of fused-ring (bicyclic) bond motifs is 1. The van der Waals surface area contributed by atoms with Crippen LogP contribution in [-0.2, 0) is 11.3 Å². The third-order valence-electron chi connectivity index (χ3n) is 3.72. The van der Waals surface area contributed by atoms with Gasteiger partial charge < -0.3 is 5.32 Å². The number of carbonyl (C=O) groups is 1. The number of carbonyl (C=O) groups excluding carboxylic acids is 1. The van der Waals surface area contributed by atoms with Crippen LogP contribution in [0.25, 0.3) is 5.65 Å². The van der Waals surface area contributed by atoms with E-state index in [2.05, 4.69) is 10.3 Å². The van der Waals surface area contributed by atoms with Crippen molar-refractivity contribution < 1.29 is 4.79 Å². The monoisotopic (exact) mass is 300 g/mol. The third-order valence-corrected chi connectivity index (χ3v) is 3.72. The number of nitrogens with one attached hydrogen (secondary N) is 1. The van der Waals surface area contributed by atoms with Crippen LogP contribution in [-0.4, -0.2) is 39.8 Å². The van der Waals surface area contributed by atoms with Gasteiger partial charge >= 0.3 is 0 Å². The summed E-state index contributed by atoms with van der Waals surface area (Å²) in [5.41, 5.74) is 2.09. The van der Waals surface area contributed by atoms with Crippen molar-refractivity contribution in [3.63, 3.8) is 0 Å². The predicted molar refractivity (Wildman–Crippen MR) is 83.7 cm³/mol. The Kier molecular flexibility index (Phi) is 3.94. The Morgan fingerprint density at radius 1 is 1.45 bits per heavy atom. The fraction of sp³-hybridized carbons (Fsp3) is 0.438. The van der Waals surface area contributed by atoms with Crippen LogP contribution in [0.15, 0.2) is 29.1 Å². The lowest BCUT2D eigenvalue weighted by atomic mass is 10.3. The molecule has 1 N–H and O–H groups in total. The van der Waals surface area contributed by atoms with Crippen molar-refractivity contribution in [1.82, 2.24) is 19.6 Å². The molecule has 0 radical (unpaired) electrons. The molecule has 0 aromatic carbocycles. The van der Waals surface area contributed by atoms with Crippen molar-refractivity contribution in [2.24, 2.45) is 0 Å². The van der Waals surface area contributed by atoms with Gasteiger partial charge in [0.05, 0.1) is 12.2 Å². The largest absolute Gasteiger partial charge is 0.352 e. The van der Waals surface area contributed by atoms with E-state index in [4.69, 9.17) is 0 Å². The zero-order valence-corrected chi connectivity index (χ0v) is 12.9. The van der Waals surface area contributed by atoms with Gasteiger partial charge in [-0.3, -0.25) is 18.9 Å². The van der Waals surface area contributed by atoms with E-state index in [1.54, 1.807) is 4.40 Å². The molecule has 0 bridgehead atoms. The van der Waals surface area contributed by atoms with Gasteiger partial charge in [-0.15, -0.1) is 0 Å². The molecule has 3 rings (SSSR count). The number of hydrogen-bond acceptors (Lipinski definition) is 4. The van der Waals surface area contributed by atoms with E-state index in [1.807, 2.05) is 37.1 Å². The van der Waals surface area contributed by atoms with Crippen molar-refractivity contribution in [3.8, 4) is 0 Å². The van der Waals surface area contributed by atoms with Crippen molar-refractivity contribution in [2.75, 3.05) is 13.6 Å². The molecule has 2 heterocycles. The van der Waals surface area contributed by atoms with Crippen LogP contribution in [0.4, 0.5) is 0 Å². The van der Waals surface area contributed by atoms with Crippen LogP contribution in [0, 0.1) is 6.92 Å². The Morgan fingerprint density at radius 2 is 2.23 bits per heavy atom. The van der Waals surface area contributed by atoms with E-state index < -0.39 is 0 Å². The first-order valence-corrected chi connectivity index (χ1v) is 7.49. The molecular formula is C16H20N4O2. The summed E-state index contributed by atoms with van der Waals surface area (Å²) in [5.74, 6) is 0.0263. The minimum atomic E-state index is -0.0890. The first kappa shape index (κ1) is 14.7. The molecule has 6 heteroatoms. The molecule has 1 aliphatic rings. The highest BCUT2D eigenvalue weighted by atomic mass is 16.2. The van der Waals surface area contributed by atoms with Gasteiger partial charge in [-0.25, -0.2) is 4.98 Å². The van der Waals surface area contributed by atoms with E-state index in [1.165, 1.54) is 6.07 Å². The maximum atomic E-state index is 12.2. The van der Waals surface area contributed by atoms with Crippen LogP contribution in [0.2, 0.25) is 0 Å². The molecule has 0 saturated heterocycles. The Labute approximate surface area is 128 Å². The van der Waals surface area contributed by atoms with Gasteiger partial charge in [0.1, 0.15) is 5.65 Å². The van der Waals surface area contributed by atoms with Gasteiger partial charge in [-0.1, -0.05) is 6.07 Å². The Balaban J connectivity index is 1.73. The SMILES string of the molecule is Cc1cccc2nc(CN(C)CC(=O)NC3CC3)cc(=O)n12. The lowest BCUT2D eigenvalue weighted by molar-refractivity contribution is -0.122. The molecule has 22 heavy (non-hydrogen) atoms. The molecule has 0 aliphatic heterocycles. The molecule has 6 nitrogen and oxygen atoms in total. The standard InChI is InChI=1S/C16H20N4O2/c1-11-4-3-5-14-17-13(8-16(22)20(11)14)9-19(2)10-15(21)18-12-6-7-12/h3-5,8,12H,6-7,9-10H2,1-2H3,(H,18,21). The summed E-state index contributed by atoms with van der Waals surface area (Å²) in [5, 5.41) is 2.95. The number of aromatic nitrogens is 2. The third kappa shape index (κ3) is 3.33. The lowest BCUT2D eigenvalue weighted by Gasteiger charge is -2.16. The average Bonchev–Trinajstić information content (AvgIpc) is 3.21. The van der Waals surface area contributed by atoms with Crippen molar-refractivity contribution in [1.29, 1.82) is 0 Å². The van der Waals surface area contributed by atoms with Crippen molar-refractivity contribution in [3.05, 3.63) is 46.0 Å². The number of likely N-dealkylation sites (N-methyl/N-ethyl adjacent to an activating group) is 1. The van der Waals surface area contributed by atoms with Crippen molar-refractivity contribution in [2.45, 2.75) is 32.4 Å². The summed E-state index contributed by atoms with van der Waals surface area (Å²) < 4.78 is 1.59. The van der Waals surface area contributed by atoms with Crippen LogP contribution >= 0.6 is 0 Å². The molecule has 1 amide bonds. The fourth-order valence-corrected chi connectivity index (χ4v) is 2.52. The van der Waals surface area contributed by atoms with E-state index >= 15 is 0 Å². The summed E-state index contributed by atoms with van der Waals surface area (Å²) in [6.45, 7) is 2.66. The maximum Gasteiger partial charge on any atom is 0.258 e. The van der Waals surface area contributed by atoms with Gasteiger partial charge in [0, 0.05) is 24.3 Å². The fourth-order valence-electron chi connectivity index (χ4n) is 2.52. The number of pyridine rings is 1. The molecule has 0 atom stereocenters. The number of aryl methyl sites for hydroxylation is 1. The van der Waals surface area contributed by atoms with Crippen LogP contribution < -0.4 is 10.9 Å². The van der Waals surface area contributed by atoms with E-state index in [9.17, 15) is 9.59 Å². The predicted octanol–water partition coefficient (Wildman–Crippen LogP) is 0.713. The zero-order valence-electron chi connectivity index (χ0n) is 12.9. The normalized spacial score (nSPS) is 14.5. The molecule has 1 saturated carbocycles. The van der Waals surface area contributed by atoms with Crippen LogP contribution in [0.3, 0.4) is 0 Å². The minimum absolute atomic E-state index is 0.0263. The smallest absolute Gasteiger partial charge is 0.258 e. The summed E-state index contributed by atoms with van der Waals surface area (Å²) in [7, 11) is 1.85. The zero-order chi connectivity index (χ0) is 15.7. The van der Waals surface area contributed by atoms with Gasteiger partial charge in [0.2, 0.25) is 5.91 Å². The summed E-state index contributed by atoms with van der Waals surface area (Å²) in [4.78, 5) is 30.4. The molecular weight excluding hydrogens is 280 g/mol. The second kappa shape index (κ2) is 5.88. The first-order chi connectivity index (χ1) is 10.5. The van der Waals surface area contributed by atoms with E-state index in [0.717, 1.165) is 18.5 Å². The second-order valence-electron chi connectivity index (χ2n) is 5.96. The van der Waals surface area contributed by atoms with E-state index in [0.29, 0.717) is 30.5 Å². The highest BCUT2D eigenvalue weighted by Gasteiger charge is 2.23. The minimum Gasteiger partial charge on any atom is -0.352 e. The number of hydrogen-bond donors (Lipinski definition) is 1. The molecule has 2 aromatic heterocycles. The number of rotatable bonds is 5. The molecule has 1 fully saturated rings. The Hall–Kier alpha value is -2.21. The Bertz CT molecular complexity index is 764. The highest BCUT2D eigenvalue weighted by Crippen LogP contribution is 2.18. The number of nitrogens with zero attached hydrogens (tertiary/aromatic N) is 3. The van der Waals surface area contributed by atoms with Gasteiger partial charge in [0.25, 0.3) is 5.56 Å². The summed E-state index contributed by atoms with van der Waals surface area (Å²) in [6.07, 6.45) is 2.16. The van der Waals surface area contributed by atoms with Gasteiger partial charge in [-0.05, 0) is 38.9 Å². The number of amides is 1. The van der Waals surface area contributed by atoms with Gasteiger partial charge in [0.15, 0.2) is 0 Å².